The van der Waals surface area contributed by atoms with Crippen LogP contribution in [0.3, 0.4) is 0 Å². The lowest BCUT2D eigenvalue weighted by molar-refractivity contribution is 0.0623. The Balaban J connectivity index is 1.75. The Kier molecular flexibility index (Phi) is 6.78. The molecule has 1 aromatic rings. The van der Waals surface area contributed by atoms with Crippen LogP contribution in [0, 0.1) is 12.8 Å². The van der Waals surface area contributed by atoms with Gasteiger partial charge in [0.05, 0.1) is 4.90 Å². The predicted molar refractivity (Wildman–Crippen MR) is 111 cm³/mol. The van der Waals surface area contributed by atoms with Gasteiger partial charge in [-0.2, -0.15) is 4.31 Å². The quantitative estimate of drug-likeness (QED) is 0.753. The Morgan fingerprint density at radius 3 is 2.25 bits per heavy atom. The van der Waals surface area contributed by atoms with Gasteiger partial charge in [-0.25, -0.2) is 8.42 Å². The molecule has 156 valence electrons. The van der Waals surface area contributed by atoms with E-state index >= 15 is 0 Å². The van der Waals surface area contributed by atoms with Gasteiger partial charge in [0.15, 0.2) is 0 Å². The number of aryl methyl sites for hydroxylation is 1. The number of hydrogen-bond donors (Lipinski definition) is 0. The van der Waals surface area contributed by atoms with Gasteiger partial charge in [-0.3, -0.25) is 9.69 Å². The van der Waals surface area contributed by atoms with E-state index in [0.717, 1.165) is 44.5 Å². The van der Waals surface area contributed by atoms with Gasteiger partial charge in [-0.05, 0) is 43.4 Å². The molecule has 0 saturated carbocycles. The first-order valence-electron chi connectivity index (χ1n) is 10.4. The molecule has 0 atom stereocenters. The van der Waals surface area contributed by atoms with Gasteiger partial charge in [0.1, 0.15) is 0 Å². The molecular weight excluding hydrogens is 374 g/mol. The Labute approximate surface area is 169 Å². The van der Waals surface area contributed by atoms with Gasteiger partial charge >= 0.3 is 0 Å². The lowest BCUT2D eigenvalue weighted by atomic mass is 10.1. The molecule has 3 rings (SSSR count). The van der Waals surface area contributed by atoms with Crippen molar-refractivity contribution in [3.8, 4) is 0 Å². The number of piperidine rings is 1. The normalized spacial score (nSPS) is 19.9. The number of rotatable bonds is 5. The lowest BCUT2D eigenvalue weighted by Crippen LogP contribution is -2.49. The summed E-state index contributed by atoms with van der Waals surface area (Å²) in [7, 11) is -3.53. The molecule has 28 heavy (non-hydrogen) atoms. The van der Waals surface area contributed by atoms with E-state index in [1.165, 1.54) is 0 Å². The average molecular weight is 408 g/mol. The van der Waals surface area contributed by atoms with Gasteiger partial charge in [0.25, 0.3) is 5.91 Å². The van der Waals surface area contributed by atoms with Crippen molar-refractivity contribution in [2.75, 3.05) is 45.8 Å². The maximum atomic E-state index is 13.1. The molecule has 0 aliphatic carbocycles. The van der Waals surface area contributed by atoms with Crippen LogP contribution in [0.15, 0.2) is 23.1 Å². The van der Waals surface area contributed by atoms with Crippen molar-refractivity contribution in [3.63, 3.8) is 0 Å². The number of nitrogens with zero attached hydrogens (tertiary/aromatic N) is 3. The van der Waals surface area contributed by atoms with Crippen LogP contribution in [0.4, 0.5) is 0 Å². The van der Waals surface area contributed by atoms with Crippen LogP contribution >= 0.6 is 0 Å². The van der Waals surface area contributed by atoms with Crippen molar-refractivity contribution >= 4 is 15.9 Å². The standard InChI is InChI=1S/C21H33N3O3S/c1-17(2)16-22-11-13-23(14-12-22)21(25)20-15-19(8-7-18(20)3)28(26,27)24-9-5-4-6-10-24/h7-8,15,17H,4-6,9-14,16H2,1-3H3. The Morgan fingerprint density at radius 1 is 1.00 bits per heavy atom. The number of carbonyl (C=O) groups is 1. The minimum Gasteiger partial charge on any atom is -0.336 e. The number of benzene rings is 1. The van der Waals surface area contributed by atoms with E-state index in [-0.39, 0.29) is 10.8 Å². The summed E-state index contributed by atoms with van der Waals surface area (Å²) in [5.41, 5.74) is 1.34. The van der Waals surface area contributed by atoms with Crippen LogP contribution in [-0.2, 0) is 10.0 Å². The highest BCUT2D eigenvalue weighted by atomic mass is 32.2. The van der Waals surface area contributed by atoms with Crippen LogP contribution in [0.5, 0.6) is 0 Å². The zero-order valence-electron chi connectivity index (χ0n) is 17.4. The molecule has 2 heterocycles. The summed E-state index contributed by atoms with van der Waals surface area (Å²) in [5, 5.41) is 0. The van der Waals surface area contributed by atoms with E-state index in [1.54, 1.807) is 22.5 Å². The van der Waals surface area contributed by atoms with E-state index in [1.807, 2.05) is 11.8 Å². The fraction of sp³-hybridized carbons (Fsp3) is 0.667. The molecule has 6 nitrogen and oxygen atoms in total. The summed E-state index contributed by atoms with van der Waals surface area (Å²) in [4.78, 5) is 17.6. The lowest BCUT2D eigenvalue weighted by Gasteiger charge is -2.35. The molecule has 2 fully saturated rings. The third kappa shape index (κ3) is 4.75. The average Bonchev–Trinajstić information content (AvgIpc) is 2.68. The molecule has 2 aliphatic heterocycles. The van der Waals surface area contributed by atoms with Gasteiger partial charge in [0, 0.05) is 51.4 Å². The molecule has 0 aromatic heterocycles. The van der Waals surface area contributed by atoms with Crippen LogP contribution in [-0.4, -0.2) is 74.2 Å². The van der Waals surface area contributed by atoms with E-state index in [0.29, 0.717) is 37.7 Å². The number of amides is 1. The van der Waals surface area contributed by atoms with E-state index in [9.17, 15) is 13.2 Å². The molecule has 0 unspecified atom stereocenters. The van der Waals surface area contributed by atoms with Crippen LogP contribution < -0.4 is 0 Å². The Hall–Kier alpha value is -1.44. The third-order valence-corrected chi connectivity index (χ3v) is 7.57. The van der Waals surface area contributed by atoms with Crippen LogP contribution in [0.25, 0.3) is 0 Å². The SMILES string of the molecule is Cc1ccc(S(=O)(=O)N2CCCCC2)cc1C(=O)N1CCN(CC(C)C)CC1. The fourth-order valence-electron chi connectivity index (χ4n) is 4.07. The fourth-order valence-corrected chi connectivity index (χ4v) is 5.61. The molecule has 0 bridgehead atoms. The molecular formula is C21H33N3O3S. The summed E-state index contributed by atoms with van der Waals surface area (Å²) in [6, 6.07) is 4.98. The maximum Gasteiger partial charge on any atom is 0.254 e. The zero-order chi connectivity index (χ0) is 20.3. The number of sulfonamides is 1. The topological polar surface area (TPSA) is 60.9 Å². The summed E-state index contributed by atoms with van der Waals surface area (Å²) in [6.07, 6.45) is 2.88. The highest BCUT2D eigenvalue weighted by molar-refractivity contribution is 7.89. The van der Waals surface area contributed by atoms with Crippen molar-refractivity contribution < 1.29 is 13.2 Å². The zero-order valence-corrected chi connectivity index (χ0v) is 18.2. The Bertz CT molecular complexity index is 793. The Morgan fingerprint density at radius 2 is 1.64 bits per heavy atom. The monoisotopic (exact) mass is 407 g/mol. The number of piperazine rings is 1. The second-order valence-electron chi connectivity index (χ2n) is 8.43. The smallest absolute Gasteiger partial charge is 0.254 e. The number of carbonyl (C=O) groups excluding carboxylic acids is 1. The second kappa shape index (κ2) is 8.93. The first-order chi connectivity index (χ1) is 13.3. The molecule has 0 spiro atoms. The van der Waals surface area contributed by atoms with E-state index < -0.39 is 10.0 Å². The van der Waals surface area contributed by atoms with Crippen molar-refractivity contribution in [1.82, 2.24) is 14.1 Å². The second-order valence-corrected chi connectivity index (χ2v) is 10.4. The van der Waals surface area contributed by atoms with Crippen molar-refractivity contribution in [2.45, 2.75) is 44.9 Å². The van der Waals surface area contributed by atoms with E-state index in [4.69, 9.17) is 0 Å². The first-order valence-corrected chi connectivity index (χ1v) is 11.9. The molecule has 0 N–H and O–H groups in total. The molecule has 1 aromatic carbocycles. The molecule has 2 aliphatic rings. The van der Waals surface area contributed by atoms with Gasteiger partial charge in [0.2, 0.25) is 10.0 Å². The highest BCUT2D eigenvalue weighted by Gasteiger charge is 2.28. The predicted octanol–water partition coefficient (Wildman–Crippen LogP) is 2.58. The third-order valence-electron chi connectivity index (χ3n) is 5.68. The van der Waals surface area contributed by atoms with Gasteiger partial charge in [-0.15, -0.1) is 0 Å². The summed E-state index contributed by atoms with van der Waals surface area (Å²) < 4.78 is 27.5. The van der Waals surface area contributed by atoms with Gasteiger partial charge in [-0.1, -0.05) is 26.3 Å². The van der Waals surface area contributed by atoms with Crippen molar-refractivity contribution in [3.05, 3.63) is 29.3 Å². The minimum absolute atomic E-state index is 0.0580. The highest BCUT2D eigenvalue weighted by Crippen LogP contribution is 2.24. The molecule has 7 heteroatoms. The van der Waals surface area contributed by atoms with Crippen molar-refractivity contribution in [1.29, 1.82) is 0 Å². The maximum absolute atomic E-state index is 13.1. The summed E-state index contributed by atoms with van der Waals surface area (Å²) in [6.45, 7) is 11.6. The van der Waals surface area contributed by atoms with Crippen LogP contribution in [0.2, 0.25) is 0 Å². The summed E-state index contributed by atoms with van der Waals surface area (Å²) in [5.74, 6) is 0.554. The number of hydrogen-bond acceptors (Lipinski definition) is 4. The molecule has 1 amide bonds. The van der Waals surface area contributed by atoms with Gasteiger partial charge < -0.3 is 4.90 Å². The first kappa shape index (κ1) is 21.3. The molecule has 2 saturated heterocycles. The minimum atomic E-state index is -3.53. The molecule has 0 radical (unpaired) electrons. The van der Waals surface area contributed by atoms with E-state index in [2.05, 4.69) is 18.7 Å². The van der Waals surface area contributed by atoms with Crippen LogP contribution in [0.1, 0.15) is 49.0 Å². The summed E-state index contributed by atoms with van der Waals surface area (Å²) >= 11 is 0. The van der Waals surface area contributed by atoms with Crippen molar-refractivity contribution in [2.24, 2.45) is 5.92 Å². The largest absolute Gasteiger partial charge is 0.336 e.